The molecule has 0 bridgehead atoms. The molecule has 0 unspecified atom stereocenters. The fourth-order valence-corrected chi connectivity index (χ4v) is 1.97. The third-order valence-electron chi connectivity index (χ3n) is 2.94. The second kappa shape index (κ2) is 5.01. The van der Waals surface area contributed by atoms with Crippen LogP contribution in [0.15, 0.2) is 60.7 Å². The normalized spacial score (nSPS) is 10.4. The molecule has 4 heteroatoms. The van der Waals surface area contributed by atoms with Crippen molar-refractivity contribution >= 4 is 22.5 Å². The molecular formula is C16H12N2O2. The molecule has 0 fully saturated rings. The van der Waals surface area contributed by atoms with Crippen LogP contribution in [-0.4, -0.2) is 16.0 Å². The summed E-state index contributed by atoms with van der Waals surface area (Å²) in [5.74, 6) is -0.198. The lowest BCUT2D eigenvalue weighted by Gasteiger charge is -2.06. The van der Waals surface area contributed by atoms with Crippen molar-refractivity contribution in [3.8, 4) is 5.75 Å². The molecule has 1 aromatic heterocycles. The summed E-state index contributed by atoms with van der Waals surface area (Å²) in [5, 5.41) is 13.1. The minimum absolute atomic E-state index is 0.106. The van der Waals surface area contributed by atoms with Crippen molar-refractivity contribution in [2.45, 2.75) is 0 Å². The second-order valence-electron chi connectivity index (χ2n) is 4.39. The Labute approximate surface area is 115 Å². The van der Waals surface area contributed by atoms with Crippen molar-refractivity contribution in [2.24, 2.45) is 0 Å². The number of hydrogen-bond acceptors (Lipinski definition) is 3. The van der Waals surface area contributed by atoms with Crippen molar-refractivity contribution in [1.29, 1.82) is 0 Å². The van der Waals surface area contributed by atoms with Crippen LogP contribution in [0.5, 0.6) is 5.75 Å². The third-order valence-corrected chi connectivity index (χ3v) is 2.94. The molecule has 0 aliphatic carbocycles. The van der Waals surface area contributed by atoms with Crippen LogP contribution in [0.25, 0.3) is 10.9 Å². The SMILES string of the molecule is O=C(Nc1cccc(O)c1)c1ccc2ccccc2n1. The van der Waals surface area contributed by atoms with E-state index in [0.717, 1.165) is 10.9 Å². The third kappa shape index (κ3) is 2.44. The number of nitrogens with one attached hydrogen (secondary N) is 1. The predicted molar refractivity (Wildman–Crippen MR) is 77.8 cm³/mol. The molecule has 20 heavy (non-hydrogen) atoms. The van der Waals surface area contributed by atoms with Crippen LogP contribution in [0.2, 0.25) is 0 Å². The molecule has 2 aromatic carbocycles. The molecule has 3 aromatic rings. The van der Waals surface area contributed by atoms with E-state index in [1.54, 1.807) is 24.3 Å². The van der Waals surface area contributed by atoms with Gasteiger partial charge in [0.05, 0.1) is 5.52 Å². The van der Waals surface area contributed by atoms with Crippen molar-refractivity contribution in [3.63, 3.8) is 0 Å². The van der Waals surface area contributed by atoms with Crippen LogP contribution in [0.4, 0.5) is 5.69 Å². The number of benzene rings is 2. The van der Waals surface area contributed by atoms with Crippen molar-refractivity contribution in [1.82, 2.24) is 4.98 Å². The Bertz CT molecular complexity index is 784. The molecule has 1 amide bonds. The van der Waals surface area contributed by atoms with E-state index in [9.17, 15) is 9.90 Å². The molecule has 0 radical (unpaired) electrons. The van der Waals surface area contributed by atoms with Crippen molar-refractivity contribution in [3.05, 3.63) is 66.4 Å². The highest BCUT2D eigenvalue weighted by atomic mass is 16.3. The number of carbonyl (C=O) groups is 1. The highest BCUT2D eigenvalue weighted by Crippen LogP contribution is 2.17. The number of anilines is 1. The van der Waals surface area contributed by atoms with Gasteiger partial charge in [-0.05, 0) is 24.3 Å². The topological polar surface area (TPSA) is 62.2 Å². The van der Waals surface area contributed by atoms with Crippen LogP contribution in [0, 0.1) is 0 Å². The molecule has 0 aliphatic rings. The zero-order valence-electron chi connectivity index (χ0n) is 10.6. The maximum Gasteiger partial charge on any atom is 0.274 e. The quantitative estimate of drug-likeness (QED) is 0.747. The molecular weight excluding hydrogens is 252 g/mol. The summed E-state index contributed by atoms with van der Waals surface area (Å²) in [6.07, 6.45) is 0. The van der Waals surface area contributed by atoms with Gasteiger partial charge in [-0.15, -0.1) is 0 Å². The lowest BCUT2D eigenvalue weighted by atomic mass is 10.2. The van der Waals surface area contributed by atoms with Crippen LogP contribution < -0.4 is 5.32 Å². The largest absolute Gasteiger partial charge is 0.508 e. The highest BCUT2D eigenvalue weighted by Gasteiger charge is 2.08. The number of aromatic nitrogens is 1. The summed E-state index contributed by atoms with van der Waals surface area (Å²) in [4.78, 5) is 16.4. The Morgan fingerprint density at radius 2 is 1.85 bits per heavy atom. The summed E-state index contributed by atoms with van der Waals surface area (Å²) in [6.45, 7) is 0. The van der Waals surface area contributed by atoms with Gasteiger partial charge in [-0.2, -0.15) is 0 Å². The van der Waals surface area contributed by atoms with Gasteiger partial charge in [0.25, 0.3) is 5.91 Å². The van der Waals surface area contributed by atoms with Gasteiger partial charge < -0.3 is 10.4 Å². The molecule has 4 nitrogen and oxygen atoms in total. The number of phenolic OH excluding ortho intramolecular Hbond substituents is 1. The Morgan fingerprint density at radius 1 is 1.00 bits per heavy atom. The van der Waals surface area contributed by atoms with E-state index < -0.39 is 0 Å². The van der Waals surface area contributed by atoms with Gasteiger partial charge in [0.1, 0.15) is 11.4 Å². The van der Waals surface area contributed by atoms with E-state index in [2.05, 4.69) is 10.3 Å². The monoisotopic (exact) mass is 264 g/mol. The Morgan fingerprint density at radius 3 is 2.70 bits per heavy atom. The van der Waals surface area contributed by atoms with E-state index >= 15 is 0 Å². The van der Waals surface area contributed by atoms with Gasteiger partial charge in [-0.1, -0.05) is 30.3 Å². The highest BCUT2D eigenvalue weighted by molar-refractivity contribution is 6.04. The second-order valence-corrected chi connectivity index (χ2v) is 4.39. The van der Waals surface area contributed by atoms with E-state index in [1.807, 2.05) is 30.3 Å². The standard InChI is InChI=1S/C16H12N2O2/c19-13-6-3-5-12(10-13)17-16(20)15-9-8-11-4-1-2-7-14(11)18-15/h1-10,19H,(H,17,20). The predicted octanol–water partition coefficient (Wildman–Crippen LogP) is 3.19. The Balaban J connectivity index is 1.88. The summed E-state index contributed by atoms with van der Waals surface area (Å²) in [5.41, 5.74) is 1.65. The van der Waals surface area contributed by atoms with Gasteiger partial charge in [-0.25, -0.2) is 4.98 Å². The number of nitrogens with zero attached hydrogens (tertiary/aromatic N) is 1. The number of carbonyl (C=O) groups excluding carboxylic acids is 1. The van der Waals surface area contributed by atoms with E-state index in [1.165, 1.54) is 6.07 Å². The van der Waals surface area contributed by atoms with Gasteiger partial charge in [0.15, 0.2) is 0 Å². The first-order valence-electron chi connectivity index (χ1n) is 6.18. The lowest BCUT2D eigenvalue weighted by molar-refractivity contribution is 0.102. The molecule has 0 aliphatic heterocycles. The van der Waals surface area contributed by atoms with Gasteiger partial charge in [-0.3, -0.25) is 4.79 Å². The number of phenols is 1. The maximum absolute atomic E-state index is 12.1. The number of fused-ring (bicyclic) bond motifs is 1. The minimum Gasteiger partial charge on any atom is -0.508 e. The first-order valence-corrected chi connectivity index (χ1v) is 6.18. The Kier molecular flexibility index (Phi) is 3.05. The number of aromatic hydroxyl groups is 1. The molecule has 3 rings (SSSR count). The molecule has 0 saturated carbocycles. The summed E-state index contributed by atoms with van der Waals surface area (Å²) < 4.78 is 0. The summed E-state index contributed by atoms with van der Waals surface area (Å²) in [7, 11) is 0. The van der Waals surface area contributed by atoms with E-state index in [0.29, 0.717) is 11.4 Å². The number of pyridine rings is 1. The number of para-hydroxylation sites is 1. The number of amides is 1. The average molecular weight is 264 g/mol. The first kappa shape index (κ1) is 12.2. The van der Waals surface area contributed by atoms with Crippen LogP contribution in [0.3, 0.4) is 0 Å². The molecule has 0 spiro atoms. The Hall–Kier alpha value is -2.88. The summed E-state index contributed by atoms with van der Waals surface area (Å²) >= 11 is 0. The first-order chi connectivity index (χ1) is 9.72. The molecule has 98 valence electrons. The van der Waals surface area contributed by atoms with E-state index in [-0.39, 0.29) is 11.7 Å². The van der Waals surface area contributed by atoms with Gasteiger partial charge in [0.2, 0.25) is 0 Å². The molecule has 0 saturated heterocycles. The molecule has 0 atom stereocenters. The smallest absolute Gasteiger partial charge is 0.274 e. The van der Waals surface area contributed by atoms with Crippen molar-refractivity contribution < 1.29 is 9.90 Å². The number of rotatable bonds is 2. The summed E-state index contributed by atoms with van der Waals surface area (Å²) in [6, 6.07) is 17.6. The fraction of sp³-hybridized carbons (Fsp3) is 0. The fourth-order valence-electron chi connectivity index (χ4n) is 1.97. The molecule has 2 N–H and O–H groups in total. The zero-order valence-corrected chi connectivity index (χ0v) is 10.6. The van der Waals surface area contributed by atoms with Crippen LogP contribution >= 0.6 is 0 Å². The molecule has 1 heterocycles. The lowest BCUT2D eigenvalue weighted by Crippen LogP contribution is -2.13. The average Bonchev–Trinajstić information content (AvgIpc) is 2.47. The maximum atomic E-state index is 12.1. The minimum atomic E-state index is -0.304. The zero-order chi connectivity index (χ0) is 13.9. The van der Waals surface area contributed by atoms with Crippen LogP contribution in [0.1, 0.15) is 10.5 Å². The van der Waals surface area contributed by atoms with E-state index in [4.69, 9.17) is 0 Å². The number of hydrogen-bond donors (Lipinski definition) is 2. The van der Waals surface area contributed by atoms with Crippen LogP contribution in [-0.2, 0) is 0 Å². The van der Waals surface area contributed by atoms with Gasteiger partial charge in [0, 0.05) is 17.1 Å². The van der Waals surface area contributed by atoms with Gasteiger partial charge >= 0.3 is 0 Å². The van der Waals surface area contributed by atoms with Crippen molar-refractivity contribution in [2.75, 3.05) is 5.32 Å².